The third kappa shape index (κ3) is 2.87. The maximum Gasteiger partial charge on any atom is 0.267 e. The normalized spacial score (nSPS) is 21.9. The molecule has 2 aliphatic rings. The van der Waals surface area contributed by atoms with Gasteiger partial charge in [0.1, 0.15) is 5.82 Å². The van der Waals surface area contributed by atoms with Gasteiger partial charge in [-0.2, -0.15) is 0 Å². The number of hydrogen-bond donors (Lipinski definition) is 0. The van der Waals surface area contributed by atoms with Gasteiger partial charge in [-0.15, -0.1) is 0 Å². The van der Waals surface area contributed by atoms with Crippen LogP contribution in [0.5, 0.6) is 0 Å². The molecule has 7 heteroatoms. The monoisotopic (exact) mass is 312 g/mol. The minimum Gasteiger partial charge on any atom is -0.382 e. The average molecular weight is 313 g/mol. The average Bonchev–Trinajstić information content (AvgIpc) is 2.97. The summed E-state index contributed by atoms with van der Waals surface area (Å²) in [6, 6.07) is 4.41. The van der Waals surface area contributed by atoms with Crippen LogP contribution >= 0.6 is 11.6 Å². The molecule has 1 fully saturated rings. The molecule has 2 aliphatic heterocycles. The van der Waals surface area contributed by atoms with Crippen molar-refractivity contribution in [1.29, 1.82) is 0 Å². The Morgan fingerprint density at radius 1 is 1.38 bits per heavy atom. The zero-order valence-corrected chi connectivity index (χ0v) is 12.0. The van der Waals surface area contributed by atoms with E-state index < -0.39 is 11.9 Å². The summed E-state index contributed by atoms with van der Waals surface area (Å²) in [6.07, 6.45) is -0.495. The van der Waals surface area contributed by atoms with Gasteiger partial charge in [-0.05, 0) is 12.1 Å². The maximum atomic E-state index is 13.9. The Morgan fingerprint density at radius 2 is 2.14 bits per heavy atom. The van der Waals surface area contributed by atoms with Gasteiger partial charge in [-0.1, -0.05) is 22.8 Å². The van der Waals surface area contributed by atoms with E-state index in [4.69, 9.17) is 21.2 Å². The van der Waals surface area contributed by atoms with E-state index in [1.807, 2.05) is 0 Å². The van der Waals surface area contributed by atoms with Crippen molar-refractivity contribution in [3.63, 3.8) is 0 Å². The number of morpholine rings is 1. The van der Waals surface area contributed by atoms with Gasteiger partial charge in [0.15, 0.2) is 0 Å². The third-order valence-corrected chi connectivity index (χ3v) is 3.83. The molecule has 0 aliphatic carbocycles. The summed E-state index contributed by atoms with van der Waals surface area (Å²) >= 11 is 6.00. The van der Waals surface area contributed by atoms with E-state index in [-0.39, 0.29) is 22.9 Å². The second-order valence-corrected chi connectivity index (χ2v) is 5.28. The fraction of sp³-hybridized carbons (Fsp3) is 0.429. The highest BCUT2D eigenvalue weighted by atomic mass is 35.5. The van der Waals surface area contributed by atoms with Gasteiger partial charge in [0.2, 0.25) is 6.10 Å². The van der Waals surface area contributed by atoms with Crippen molar-refractivity contribution in [2.24, 2.45) is 5.16 Å². The molecule has 1 aromatic carbocycles. The molecular formula is C14H14ClFN2O3. The molecule has 1 aromatic rings. The molecule has 3 rings (SSSR count). The molecular weight excluding hydrogens is 299 g/mol. The summed E-state index contributed by atoms with van der Waals surface area (Å²) in [5, 5.41) is 4.10. The van der Waals surface area contributed by atoms with Crippen molar-refractivity contribution >= 4 is 23.2 Å². The number of hydrogen-bond acceptors (Lipinski definition) is 4. The lowest BCUT2D eigenvalue weighted by Crippen LogP contribution is -2.45. The number of halogens is 2. The zero-order chi connectivity index (χ0) is 14.8. The number of rotatable bonds is 2. The molecule has 1 saturated heterocycles. The number of carbonyl (C=O) groups is 1. The Bertz CT molecular complexity index is 567. The minimum absolute atomic E-state index is 0.149. The molecule has 1 unspecified atom stereocenters. The zero-order valence-electron chi connectivity index (χ0n) is 11.2. The lowest BCUT2D eigenvalue weighted by atomic mass is 10.0. The molecule has 1 atom stereocenters. The summed E-state index contributed by atoms with van der Waals surface area (Å²) in [6.45, 7) is 2.11. The van der Waals surface area contributed by atoms with Gasteiger partial charge >= 0.3 is 0 Å². The number of benzene rings is 1. The molecule has 0 radical (unpaired) electrons. The van der Waals surface area contributed by atoms with Crippen molar-refractivity contribution in [3.8, 4) is 0 Å². The number of carbonyl (C=O) groups excluding carboxylic acids is 1. The quantitative estimate of drug-likeness (QED) is 0.837. The van der Waals surface area contributed by atoms with Crippen molar-refractivity contribution in [1.82, 2.24) is 4.90 Å². The SMILES string of the molecule is O=C(C1CC(c2c(F)cccc2Cl)=NO1)N1CCOCC1. The molecule has 0 aromatic heterocycles. The first-order valence-electron chi connectivity index (χ1n) is 6.70. The fourth-order valence-corrected chi connectivity index (χ4v) is 2.69. The minimum atomic E-state index is -0.714. The molecule has 0 saturated carbocycles. The topological polar surface area (TPSA) is 51.1 Å². The molecule has 1 amide bonds. The van der Waals surface area contributed by atoms with Crippen LogP contribution in [-0.2, 0) is 14.4 Å². The molecule has 0 N–H and O–H groups in total. The highest BCUT2D eigenvalue weighted by molar-refractivity contribution is 6.34. The first kappa shape index (κ1) is 14.3. The smallest absolute Gasteiger partial charge is 0.267 e. The summed E-state index contributed by atoms with van der Waals surface area (Å²) in [5.41, 5.74) is 0.571. The number of amides is 1. The van der Waals surface area contributed by atoms with Gasteiger partial charge < -0.3 is 14.5 Å². The Hall–Kier alpha value is -1.66. The van der Waals surface area contributed by atoms with Crippen molar-refractivity contribution < 1.29 is 18.8 Å². The molecule has 0 spiro atoms. The molecule has 21 heavy (non-hydrogen) atoms. The van der Waals surface area contributed by atoms with Gasteiger partial charge in [0, 0.05) is 19.5 Å². The number of nitrogens with zero attached hydrogens (tertiary/aromatic N) is 2. The first-order valence-corrected chi connectivity index (χ1v) is 7.08. The van der Waals surface area contributed by atoms with Gasteiger partial charge in [-0.3, -0.25) is 4.79 Å². The lowest BCUT2D eigenvalue weighted by molar-refractivity contribution is -0.146. The Balaban J connectivity index is 1.71. The van der Waals surface area contributed by atoms with Crippen molar-refractivity contribution in [3.05, 3.63) is 34.6 Å². The Morgan fingerprint density at radius 3 is 2.86 bits per heavy atom. The van der Waals surface area contributed by atoms with Crippen LogP contribution in [0.4, 0.5) is 4.39 Å². The van der Waals surface area contributed by atoms with Crippen LogP contribution < -0.4 is 0 Å². The van der Waals surface area contributed by atoms with E-state index in [9.17, 15) is 9.18 Å². The standard InChI is InChI=1S/C14H14ClFN2O3/c15-9-2-1-3-10(16)13(9)11-8-12(21-17-11)14(19)18-4-6-20-7-5-18/h1-3,12H,4-8H2. The van der Waals surface area contributed by atoms with E-state index >= 15 is 0 Å². The predicted molar refractivity (Wildman–Crippen MR) is 74.8 cm³/mol. The van der Waals surface area contributed by atoms with E-state index in [0.29, 0.717) is 32.0 Å². The largest absolute Gasteiger partial charge is 0.382 e. The number of oxime groups is 1. The number of ether oxygens (including phenoxy) is 1. The highest BCUT2D eigenvalue weighted by Crippen LogP contribution is 2.26. The van der Waals surface area contributed by atoms with Crippen LogP contribution in [0.3, 0.4) is 0 Å². The van der Waals surface area contributed by atoms with Crippen LogP contribution in [0.1, 0.15) is 12.0 Å². The predicted octanol–water partition coefficient (Wildman–Crippen LogP) is 1.83. The van der Waals surface area contributed by atoms with Crippen LogP contribution in [-0.4, -0.2) is 48.9 Å². The van der Waals surface area contributed by atoms with Crippen LogP contribution in [0.25, 0.3) is 0 Å². The second kappa shape index (κ2) is 5.99. The van der Waals surface area contributed by atoms with E-state index in [1.165, 1.54) is 12.1 Å². The first-order chi connectivity index (χ1) is 10.2. The van der Waals surface area contributed by atoms with Gasteiger partial charge in [0.25, 0.3) is 5.91 Å². The van der Waals surface area contributed by atoms with E-state index in [0.717, 1.165) is 0 Å². The Kier molecular flexibility index (Phi) is 4.07. The van der Waals surface area contributed by atoms with Crippen LogP contribution in [0.15, 0.2) is 23.4 Å². The fourth-order valence-electron chi connectivity index (χ4n) is 2.42. The summed E-state index contributed by atoms with van der Waals surface area (Å²) < 4.78 is 19.1. The summed E-state index contributed by atoms with van der Waals surface area (Å²) in [5.74, 6) is -0.617. The molecule has 112 valence electrons. The van der Waals surface area contributed by atoms with Gasteiger partial charge in [0.05, 0.1) is 29.5 Å². The third-order valence-electron chi connectivity index (χ3n) is 3.52. The summed E-state index contributed by atoms with van der Waals surface area (Å²) in [7, 11) is 0. The van der Waals surface area contributed by atoms with E-state index in [2.05, 4.69) is 5.16 Å². The van der Waals surface area contributed by atoms with E-state index in [1.54, 1.807) is 11.0 Å². The highest BCUT2D eigenvalue weighted by Gasteiger charge is 2.34. The molecule has 0 bridgehead atoms. The maximum absolute atomic E-state index is 13.9. The summed E-state index contributed by atoms with van der Waals surface area (Å²) in [4.78, 5) is 19.1. The van der Waals surface area contributed by atoms with Crippen LogP contribution in [0.2, 0.25) is 5.02 Å². The van der Waals surface area contributed by atoms with Gasteiger partial charge in [-0.25, -0.2) is 4.39 Å². The molecule has 5 nitrogen and oxygen atoms in total. The second-order valence-electron chi connectivity index (χ2n) is 4.87. The lowest BCUT2D eigenvalue weighted by Gasteiger charge is -2.28. The Labute approximate surface area is 126 Å². The van der Waals surface area contributed by atoms with Crippen molar-refractivity contribution in [2.75, 3.05) is 26.3 Å². The molecule has 2 heterocycles. The van der Waals surface area contributed by atoms with Crippen LogP contribution in [0, 0.1) is 5.82 Å². The van der Waals surface area contributed by atoms with Crippen molar-refractivity contribution in [2.45, 2.75) is 12.5 Å².